The zero-order chi connectivity index (χ0) is 12.4. The van der Waals surface area contributed by atoms with Gasteiger partial charge in [0.05, 0.1) is 12.6 Å². The van der Waals surface area contributed by atoms with Gasteiger partial charge < -0.3 is 14.6 Å². The molecule has 1 fully saturated rings. The molecule has 0 unspecified atom stereocenters. The van der Waals surface area contributed by atoms with Gasteiger partial charge in [-0.1, -0.05) is 19.0 Å². The summed E-state index contributed by atoms with van der Waals surface area (Å²) < 4.78 is 10.2. The smallest absolute Gasteiger partial charge is 0.252 e. The van der Waals surface area contributed by atoms with E-state index in [0.29, 0.717) is 12.5 Å². The van der Waals surface area contributed by atoms with Crippen molar-refractivity contribution in [3.8, 4) is 0 Å². The second-order valence-electron chi connectivity index (χ2n) is 4.86. The maximum absolute atomic E-state index is 11.5. The molecule has 1 amide bonds. The van der Waals surface area contributed by atoms with Crippen LogP contribution in [0.15, 0.2) is 10.6 Å². The van der Waals surface area contributed by atoms with Crippen LogP contribution in [0.25, 0.3) is 0 Å². The highest BCUT2D eigenvalue weighted by Gasteiger charge is 2.40. The molecule has 1 saturated heterocycles. The van der Waals surface area contributed by atoms with Gasteiger partial charge in [0, 0.05) is 12.5 Å². The number of carbonyl (C=O) groups is 1. The molecule has 0 aromatic carbocycles. The van der Waals surface area contributed by atoms with E-state index in [2.05, 4.69) is 24.3 Å². The minimum atomic E-state index is -0.281. The summed E-state index contributed by atoms with van der Waals surface area (Å²) in [5, 5.41) is 6.68. The van der Waals surface area contributed by atoms with Crippen molar-refractivity contribution in [3.63, 3.8) is 0 Å². The van der Waals surface area contributed by atoms with Crippen LogP contribution in [0, 0.1) is 5.92 Å². The maximum Gasteiger partial charge on any atom is 0.252 e. The number of ether oxygens (including phenoxy) is 1. The van der Waals surface area contributed by atoms with E-state index in [0.717, 1.165) is 17.9 Å². The fourth-order valence-corrected chi connectivity index (χ4v) is 1.68. The normalized spacial score (nSPS) is 22.8. The lowest BCUT2D eigenvalue weighted by atomic mass is 10.1. The average molecular weight is 238 g/mol. The van der Waals surface area contributed by atoms with Gasteiger partial charge in [0.2, 0.25) is 0 Å². The molecule has 1 aromatic rings. The minimum absolute atomic E-state index is 0.0452. The number of hydrogen-bond acceptors (Lipinski definition) is 4. The first-order chi connectivity index (χ1) is 8.06. The summed E-state index contributed by atoms with van der Waals surface area (Å²) in [6.07, 6.45) is 0.629. The van der Waals surface area contributed by atoms with Gasteiger partial charge in [-0.3, -0.25) is 4.79 Å². The van der Waals surface area contributed by atoms with E-state index in [1.807, 2.05) is 13.0 Å². The van der Waals surface area contributed by atoms with Crippen molar-refractivity contribution in [2.24, 2.45) is 5.92 Å². The van der Waals surface area contributed by atoms with Crippen molar-refractivity contribution in [2.75, 3.05) is 0 Å². The Balaban J connectivity index is 1.79. The highest BCUT2D eigenvalue weighted by Crippen LogP contribution is 2.20. The third-order valence-electron chi connectivity index (χ3n) is 2.63. The van der Waals surface area contributed by atoms with Crippen molar-refractivity contribution in [1.29, 1.82) is 0 Å². The molecule has 94 valence electrons. The Labute approximate surface area is 101 Å². The van der Waals surface area contributed by atoms with Gasteiger partial charge in [-0.15, -0.1) is 0 Å². The molecule has 2 atom stereocenters. The number of amides is 1. The van der Waals surface area contributed by atoms with Crippen molar-refractivity contribution in [3.05, 3.63) is 17.5 Å². The molecular weight excluding hydrogens is 220 g/mol. The van der Waals surface area contributed by atoms with Gasteiger partial charge >= 0.3 is 0 Å². The van der Waals surface area contributed by atoms with Gasteiger partial charge in [0.1, 0.15) is 11.5 Å². The minimum Gasteiger partial charge on any atom is -0.361 e. The van der Waals surface area contributed by atoms with E-state index in [1.165, 1.54) is 0 Å². The Bertz CT molecular complexity index is 400. The van der Waals surface area contributed by atoms with Crippen LogP contribution in [0.5, 0.6) is 0 Å². The van der Waals surface area contributed by atoms with Gasteiger partial charge in [0.25, 0.3) is 5.91 Å². The largest absolute Gasteiger partial charge is 0.361 e. The highest BCUT2D eigenvalue weighted by molar-refractivity contribution is 5.83. The summed E-state index contributed by atoms with van der Waals surface area (Å²) in [5.74, 6) is 1.32. The van der Waals surface area contributed by atoms with Gasteiger partial charge in [-0.25, -0.2) is 0 Å². The molecule has 0 bridgehead atoms. The fraction of sp³-hybridized carbons (Fsp3) is 0.667. The molecule has 0 spiro atoms. The number of rotatable bonds is 5. The lowest BCUT2D eigenvalue weighted by molar-refractivity contribution is -0.122. The van der Waals surface area contributed by atoms with Crippen molar-refractivity contribution in [1.82, 2.24) is 10.5 Å². The van der Waals surface area contributed by atoms with Gasteiger partial charge in [-0.2, -0.15) is 0 Å². The van der Waals surface area contributed by atoms with Crippen molar-refractivity contribution in [2.45, 2.75) is 45.9 Å². The van der Waals surface area contributed by atoms with Crippen molar-refractivity contribution >= 4 is 5.91 Å². The van der Waals surface area contributed by atoms with Crippen LogP contribution in [-0.4, -0.2) is 23.3 Å². The van der Waals surface area contributed by atoms with Gasteiger partial charge in [-0.05, 0) is 12.8 Å². The topological polar surface area (TPSA) is 67.7 Å². The fourth-order valence-electron chi connectivity index (χ4n) is 1.68. The summed E-state index contributed by atoms with van der Waals surface area (Å²) in [7, 11) is 0. The number of nitrogens with zero attached hydrogens (tertiary/aromatic N) is 1. The number of hydrogen-bond donors (Lipinski definition) is 1. The van der Waals surface area contributed by atoms with Crippen LogP contribution in [0.3, 0.4) is 0 Å². The molecule has 0 radical (unpaired) electrons. The molecule has 17 heavy (non-hydrogen) atoms. The molecular formula is C12H18N2O3. The van der Waals surface area contributed by atoms with Crippen LogP contribution >= 0.6 is 0 Å². The summed E-state index contributed by atoms with van der Waals surface area (Å²) in [6, 6.07) is 1.89. The molecule has 0 saturated carbocycles. The monoisotopic (exact) mass is 238 g/mol. The number of aromatic nitrogens is 1. The Morgan fingerprint density at radius 1 is 1.59 bits per heavy atom. The third kappa shape index (κ3) is 3.30. The predicted octanol–water partition coefficient (Wildman–Crippen LogP) is 1.28. The Hall–Kier alpha value is -1.36. The van der Waals surface area contributed by atoms with Gasteiger partial charge in [0.15, 0.2) is 6.10 Å². The number of nitrogens with one attached hydrogen (secondary N) is 1. The van der Waals surface area contributed by atoms with Crippen LogP contribution in [-0.2, 0) is 22.5 Å². The summed E-state index contributed by atoms with van der Waals surface area (Å²) in [6.45, 7) is 6.51. The Kier molecular flexibility index (Phi) is 3.47. The van der Waals surface area contributed by atoms with E-state index in [4.69, 9.17) is 9.26 Å². The Morgan fingerprint density at radius 3 is 2.88 bits per heavy atom. The second-order valence-corrected chi connectivity index (χ2v) is 4.86. The van der Waals surface area contributed by atoms with Crippen LogP contribution in [0.1, 0.15) is 32.2 Å². The molecule has 1 aromatic heterocycles. The molecule has 1 N–H and O–H groups in total. The quantitative estimate of drug-likeness (QED) is 0.784. The SMILES string of the molecule is CC(C)Cc1cc(CNC(=O)[C@@H]2O[C@H]2C)no1. The van der Waals surface area contributed by atoms with Crippen LogP contribution in [0.4, 0.5) is 0 Å². The second kappa shape index (κ2) is 4.87. The average Bonchev–Trinajstić information content (AvgIpc) is 2.82. The highest BCUT2D eigenvalue weighted by atomic mass is 16.6. The zero-order valence-electron chi connectivity index (χ0n) is 10.4. The molecule has 2 heterocycles. The first-order valence-corrected chi connectivity index (χ1v) is 5.94. The molecule has 0 aliphatic carbocycles. The molecule has 5 heteroatoms. The summed E-state index contributed by atoms with van der Waals surface area (Å²) in [5.41, 5.74) is 0.752. The van der Waals surface area contributed by atoms with Crippen LogP contribution in [0.2, 0.25) is 0 Å². The molecule has 2 rings (SSSR count). The lowest BCUT2D eigenvalue weighted by Gasteiger charge is -1.98. The standard InChI is InChI=1S/C12H18N2O3/c1-7(2)4-10-5-9(14-17-10)6-13-12(15)11-8(3)16-11/h5,7-8,11H,4,6H2,1-3H3,(H,13,15)/t8-,11+/m0/s1. The third-order valence-corrected chi connectivity index (χ3v) is 2.63. The van der Waals surface area contributed by atoms with E-state index in [1.54, 1.807) is 0 Å². The van der Waals surface area contributed by atoms with Crippen LogP contribution < -0.4 is 5.32 Å². The lowest BCUT2D eigenvalue weighted by Crippen LogP contribution is -2.28. The number of carbonyl (C=O) groups excluding carboxylic acids is 1. The molecule has 5 nitrogen and oxygen atoms in total. The van der Waals surface area contributed by atoms with E-state index in [-0.39, 0.29) is 18.1 Å². The first kappa shape index (κ1) is 12.1. The maximum atomic E-state index is 11.5. The van der Waals surface area contributed by atoms with E-state index < -0.39 is 0 Å². The van der Waals surface area contributed by atoms with E-state index >= 15 is 0 Å². The predicted molar refractivity (Wildman–Crippen MR) is 61.2 cm³/mol. The summed E-state index contributed by atoms with van der Waals surface area (Å²) in [4.78, 5) is 11.5. The summed E-state index contributed by atoms with van der Waals surface area (Å²) >= 11 is 0. The zero-order valence-corrected chi connectivity index (χ0v) is 10.4. The molecule has 1 aliphatic heterocycles. The number of epoxide rings is 1. The van der Waals surface area contributed by atoms with E-state index in [9.17, 15) is 4.79 Å². The molecule has 1 aliphatic rings. The first-order valence-electron chi connectivity index (χ1n) is 5.94. The Morgan fingerprint density at radius 2 is 2.29 bits per heavy atom. The van der Waals surface area contributed by atoms with Crippen molar-refractivity contribution < 1.29 is 14.1 Å².